The van der Waals surface area contributed by atoms with Gasteiger partial charge in [-0.25, -0.2) is 4.79 Å². The highest BCUT2D eigenvalue weighted by atomic mass is 35.5. The summed E-state index contributed by atoms with van der Waals surface area (Å²) < 4.78 is 5.47. The summed E-state index contributed by atoms with van der Waals surface area (Å²) in [5, 5.41) is 3.35. The van der Waals surface area contributed by atoms with Gasteiger partial charge in [-0.15, -0.1) is 12.4 Å². The van der Waals surface area contributed by atoms with Gasteiger partial charge in [0.1, 0.15) is 5.60 Å². The molecule has 0 radical (unpaired) electrons. The number of carbonyl (C=O) groups is 1. The minimum Gasteiger partial charge on any atom is -0.444 e. The van der Waals surface area contributed by atoms with E-state index >= 15 is 0 Å². The standard InChI is InChI=1S/C12H22N2O2.ClH/c1-11(2,3)16-10(15)14-8-4-5-12(14)6-7-13-9-12;/h13H,4-9H2,1-3H3;1H. The molecule has 0 saturated carbocycles. The van der Waals surface area contributed by atoms with E-state index in [1.165, 1.54) is 0 Å². The molecule has 1 unspecified atom stereocenters. The van der Waals surface area contributed by atoms with E-state index in [0.717, 1.165) is 38.9 Å². The fourth-order valence-corrected chi connectivity index (χ4v) is 2.71. The first-order chi connectivity index (χ1) is 7.43. The lowest BCUT2D eigenvalue weighted by atomic mass is 9.95. The number of hydrogen-bond donors (Lipinski definition) is 1. The Bertz CT molecular complexity index is 277. The van der Waals surface area contributed by atoms with Crippen LogP contribution in [0.1, 0.15) is 40.0 Å². The number of rotatable bonds is 0. The Balaban J connectivity index is 0.00000144. The summed E-state index contributed by atoms with van der Waals surface area (Å²) in [7, 11) is 0. The number of ether oxygens (including phenoxy) is 1. The second kappa shape index (κ2) is 5.02. The molecule has 0 bridgehead atoms. The van der Waals surface area contributed by atoms with E-state index in [4.69, 9.17) is 4.74 Å². The van der Waals surface area contributed by atoms with Crippen LogP contribution in [0.25, 0.3) is 0 Å². The van der Waals surface area contributed by atoms with Gasteiger partial charge >= 0.3 is 6.09 Å². The minimum absolute atomic E-state index is 0. The second-order valence-electron chi connectivity index (χ2n) is 5.89. The SMILES string of the molecule is CC(C)(C)OC(=O)N1CCCC12CCNC2.Cl. The van der Waals surface area contributed by atoms with Crippen LogP contribution in [0, 0.1) is 0 Å². The lowest BCUT2D eigenvalue weighted by Gasteiger charge is -2.35. The lowest BCUT2D eigenvalue weighted by Crippen LogP contribution is -2.50. The van der Waals surface area contributed by atoms with Crippen LogP contribution in [-0.2, 0) is 4.74 Å². The second-order valence-corrected chi connectivity index (χ2v) is 5.89. The van der Waals surface area contributed by atoms with Crippen LogP contribution in [0.15, 0.2) is 0 Å². The lowest BCUT2D eigenvalue weighted by molar-refractivity contribution is 0.0109. The molecule has 0 aromatic heterocycles. The maximum Gasteiger partial charge on any atom is 0.410 e. The number of halogens is 1. The molecule has 2 rings (SSSR count). The van der Waals surface area contributed by atoms with Crippen LogP contribution >= 0.6 is 12.4 Å². The molecule has 2 aliphatic heterocycles. The Labute approximate surface area is 109 Å². The number of amides is 1. The van der Waals surface area contributed by atoms with Crippen LogP contribution < -0.4 is 5.32 Å². The van der Waals surface area contributed by atoms with Crippen molar-refractivity contribution in [3.63, 3.8) is 0 Å². The summed E-state index contributed by atoms with van der Waals surface area (Å²) in [6.45, 7) is 8.53. The van der Waals surface area contributed by atoms with Gasteiger partial charge in [-0.3, -0.25) is 0 Å². The average Bonchev–Trinajstić information content (AvgIpc) is 2.74. The molecule has 17 heavy (non-hydrogen) atoms. The molecule has 4 nitrogen and oxygen atoms in total. The molecule has 0 aromatic rings. The highest BCUT2D eigenvalue weighted by molar-refractivity contribution is 5.85. The molecule has 1 amide bonds. The number of nitrogens with zero attached hydrogens (tertiary/aromatic N) is 1. The monoisotopic (exact) mass is 262 g/mol. The molecule has 2 heterocycles. The maximum absolute atomic E-state index is 12.1. The molecule has 2 aliphatic rings. The minimum atomic E-state index is -0.396. The zero-order valence-electron chi connectivity index (χ0n) is 10.9. The number of nitrogens with one attached hydrogen (secondary N) is 1. The zero-order valence-corrected chi connectivity index (χ0v) is 11.7. The van der Waals surface area contributed by atoms with Crippen molar-refractivity contribution >= 4 is 18.5 Å². The largest absolute Gasteiger partial charge is 0.444 e. The molecular weight excluding hydrogens is 240 g/mol. The van der Waals surface area contributed by atoms with E-state index in [-0.39, 0.29) is 24.0 Å². The predicted octanol–water partition coefficient (Wildman–Crippen LogP) is 2.17. The van der Waals surface area contributed by atoms with E-state index in [9.17, 15) is 4.79 Å². The van der Waals surface area contributed by atoms with Gasteiger partial charge in [0.15, 0.2) is 0 Å². The Morgan fingerprint density at radius 3 is 2.59 bits per heavy atom. The first-order valence-electron chi connectivity index (χ1n) is 6.14. The van der Waals surface area contributed by atoms with Crippen molar-refractivity contribution in [1.82, 2.24) is 10.2 Å². The van der Waals surface area contributed by atoms with Crippen LogP contribution in [0.2, 0.25) is 0 Å². The van der Waals surface area contributed by atoms with Crippen molar-refractivity contribution in [3.8, 4) is 0 Å². The molecule has 0 aromatic carbocycles. The van der Waals surface area contributed by atoms with Gasteiger partial charge in [0.2, 0.25) is 0 Å². The Kier molecular flexibility index (Phi) is 4.31. The molecule has 2 fully saturated rings. The van der Waals surface area contributed by atoms with Crippen LogP contribution in [-0.4, -0.2) is 41.8 Å². The number of likely N-dealkylation sites (tertiary alicyclic amines) is 1. The van der Waals surface area contributed by atoms with Gasteiger partial charge in [0.25, 0.3) is 0 Å². The van der Waals surface area contributed by atoms with Gasteiger partial charge in [-0.2, -0.15) is 0 Å². The summed E-state index contributed by atoms with van der Waals surface area (Å²) in [6.07, 6.45) is 3.13. The van der Waals surface area contributed by atoms with Crippen molar-refractivity contribution in [3.05, 3.63) is 0 Å². The van der Waals surface area contributed by atoms with Crippen LogP contribution in [0.4, 0.5) is 4.79 Å². The Morgan fingerprint density at radius 2 is 2.06 bits per heavy atom. The number of carbonyl (C=O) groups excluding carboxylic acids is 1. The average molecular weight is 263 g/mol. The van der Waals surface area contributed by atoms with Gasteiger partial charge in [-0.1, -0.05) is 0 Å². The molecule has 1 N–H and O–H groups in total. The quantitative estimate of drug-likeness (QED) is 0.728. The molecule has 5 heteroatoms. The van der Waals surface area contributed by atoms with Crippen molar-refractivity contribution < 1.29 is 9.53 Å². The third-order valence-corrected chi connectivity index (χ3v) is 3.43. The third-order valence-electron chi connectivity index (χ3n) is 3.43. The van der Waals surface area contributed by atoms with E-state index in [1.54, 1.807) is 0 Å². The summed E-state index contributed by atoms with van der Waals surface area (Å²) in [6, 6.07) is 0. The smallest absolute Gasteiger partial charge is 0.410 e. The van der Waals surface area contributed by atoms with E-state index in [1.807, 2.05) is 25.7 Å². The highest BCUT2D eigenvalue weighted by Gasteiger charge is 2.46. The van der Waals surface area contributed by atoms with Crippen molar-refractivity contribution in [1.29, 1.82) is 0 Å². The normalized spacial score (nSPS) is 28.3. The summed E-state index contributed by atoms with van der Waals surface area (Å²) >= 11 is 0. The van der Waals surface area contributed by atoms with Gasteiger partial charge in [0.05, 0.1) is 5.54 Å². The van der Waals surface area contributed by atoms with Gasteiger partial charge < -0.3 is 15.0 Å². The molecular formula is C12H23ClN2O2. The summed E-state index contributed by atoms with van der Waals surface area (Å²) in [4.78, 5) is 14.0. The van der Waals surface area contributed by atoms with Crippen molar-refractivity contribution in [2.24, 2.45) is 0 Å². The first-order valence-corrected chi connectivity index (χ1v) is 6.14. The van der Waals surface area contributed by atoms with E-state index in [2.05, 4.69) is 5.32 Å². The molecule has 100 valence electrons. The van der Waals surface area contributed by atoms with Crippen LogP contribution in [0.3, 0.4) is 0 Å². The number of hydrogen-bond acceptors (Lipinski definition) is 3. The maximum atomic E-state index is 12.1. The predicted molar refractivity (Wildman–Crippen MR) is 69.6 cm³/mol. The first kappa shape index (κ1) is 14.6. The van der Waals surface area contributed by atoms with Crippen LogP contribution in [0.5, 0.6) is 0 Å². The summed E-state index contributed by atoms with van der Waals surface area (Å²) in [5.74, 6) is 0. The zero-order chi connectivity index (χ0) is 11.8. The molecule has 1 spiro atoms. The fourth-order valence-electron chi connectivity index (χ4n) is 2.71. The highest BCUT2D eigenvalue weighted by Crippen LogP contribution is 2.35. The Hall–Kier alpha value is -0.480. The van der Waals surface area contributed by atoms with Gasteiger partial charge in [0, 0.05) is 13.1 Å². The molecule has 1 atom stereocenters. The summed E-state index contributed by atoms with van der Waals surface area (Å²) in [5.41, 5.74) is -0.352. The third kappa shape index (κ3) is 3.05. The molecule has 2 saturated heterocycles. The molecule has 0 aliphatic carbocycles. The van der Waals surface area contributed by atoms with Crippen molar-refractivity contribution in [2.75, 3.05) is 19.6 Å². The fraction of sp³-hybridized carbons (Fsp3) is 0.917. The van der Waals surface area contributed by atoms with Gasteiger partial charge in [-0.05, 0) is 46.6 Å². The van der Waals surface area contributed by atoms with Crippen molar-refractivity contribution in [2.45, 2.75) is 51.2 Å². The Morgan fingerprint density at radius 1 is 1.35 bits per heavy atom. The van der Waals surface area contributed by atoms with E-state index in [0.29, 0.717) is 0 Å². The van der Waals surface area contributed by atoms with E-state index < -0.39 is 5.60 Å². The topological polar surface area (TPSA) is 41.6 Å².